The van der Waals surface area contributed by atoms with Crippen LogP contribution in [0.25, 0.3) is 10.8 Å². The summed E-state index contributed by atoms with van der Waals surface area (Å²) in [4.78, 5) is 13.5. The number of hydrogen-bond donors (Lipinski definition) is 1. The number of hydrogen-bond acceptors (Lipinski definition) is 2. The molecule has 2 aromatic rings. The summed E-state index contributed by atoms with van der Waals surface area (Å²) >= 11 is 0. The molecule has 3 rings (SSSR count). The second kappa shape index (κ2) is 3.57. The van der Waals surface area contributed by atoms with Crippen LogP contribution in [0.5, 0.6) is 0 Å². The fraction of sp³-hybridized carbons (Fsp3) is 0.214. The van der Waals surface area contributed by atoms with Crippen LogP contribution < -0.4 is 10.6 Å². The standard InChI is InChI=1S/C14H14N2O/c1-9-13(15)14(17)16(9)12-7-6-10-4-2-3-5-11(10)8-12/h2-9,13H,15H2,1H3. The third-order valence-electron chi connectivity index (χ3n) is 3.46. The van der Waals surface area contributed by atoms with E-state index in [0.29, 0.717) is 0 Å². The summed E-state index contributed by atoms with van der Waals surface area (Å²) in [7, 11) is 0. The molecule has 0 aromatic heterocycles. The third kappa shape index (κ3) is 1.43. The largest absolute Gasteiger partial charge is 0.318 e. The van der Waals surface area contributed by atoms with Gasteiger partial charge >= 0.3 is 0 Å². The summed E-state index contributed by atoms with van der Waals surface area (Å²) in [6.45, 7) is 1.97. The van der Waals surface area contributed by atoms with Gasteiger partial charge in [-0.3, -0.25) is 4.79 Å². The molecule has 2 atom stereocenters. The first-order valence-corrected chi connectivity index (χ1v) is 5.76. The molecule has 1 amide bonds. The van der Waals surface area contributed by atoms with Gasteiger partial charge in [0.2, 0.25) is 5.91 Å². The molecule has 86 valence electrons. The molecule has 3 nitrogen and oxygen atoms in total. The van der Waals surface area contributed by atoms with Gasteiger partial charge in [-0.15, -0.1) is 0 Å². The van der Waals surface area contributed by atoms with Crippen molar-refractivity contribution in [3.63, 3.8) is 0 Å². The van der Waals surface area contributed by atoms with Gasteiger partial charge < -0.3 is 10.6 Å². The number of carbonyl (C=O) groups is 1. The van der Waals surface area contributed by atoms with Gasteiger partial charge in [0, 0.05) is 5.69 Å². The Labute approximate surface area is 99.8 Å². The molecular formula is C14H14N2O. The van der Waals surface area contributed by atoms with Crippen LogP contribution in [0, 0.1) is 0 Å². The van der Waals surface area contributed by atoms with Gasteiger partial charge in [-0.2, -0.15) is 0 Å². The Balaban J connectivity index is 2.04. The monoisotopic (exact) mass is 226 g/mol. The first-order valence-electron chi connectivity index (χ1n) is 5.76. The summed E-state index contributed by atoms with van der Waals surface area (Å²) in [5.41, 5.74) is 6.65. The summed E-state index contributed by atoms with van der Waals surface area (Å²) < 4.78 is 0. The van der Waals surface area contributed by atoms with E-state index in [4.69, 9.17) is 5.73 Å². The highest BCUT2D eigenvalue weighted by molar-refractivity contribution is 6.06. The zero-order valence-corrected chi connectivity index (χ0v) is 9.63. The first-order chi connectivity index (χ1) is 8.18. The van der Waals surface area contributed by atoms with E-state index in [2.05, 4.69) is 6.07 Å². The number of nitrogens with two attached hydrogens (primary N) is 1. The zero-order valence-electron chi connectivity index (χ0n) is 9.63. The Morgan fingerprint density at radius 2 is 1.82 bits per heavy atom. The normalized spacial score (nSPS) is 23.9. The van der Waals surface area contributed by atoms with Gasteiger partial charge in [-0.25, -0.2) is 0 Å². The second-order valence-electron chi connectivity index (χ2n) is 4.51. The minimum atomic E-state index is -0.346. The Hall–Kier alpha value is -1.87. The second-order valence-corrected chi connectivity index (χ2v) is 4.51. The predicted molar refractivity (Wildman–Crippen MR) is 68.9 cm³/mol. The molecule has 2 N–H and O–H groups in total. The number of fused-ring (bicyclic) bond motifs is 1. The van der Waals surface area contributed by atoms with Crippen molar-refractivity contribution in [1.29, 1.82) is 0 Å². The average molecular weight is 226 g/mol. The number of rotatable bonds is 1. The molecular weight excluding hydrogens is 212 g/mol. The van der Waals surface area contributed by atoms with Crippen LogP contribution in [0.3, 0.4) is 0 Å². The van der Waals surface area contributed by atoms with E-state index < -0.39 is 0 Å². The van der Waals surface area contributed by atoms with E-state index in [1.807, 2.05) is 43.3 Å². The minimum absolute atomic E-state index is 0.00720. The van der Waals surface area contributed by atoms with Gasteiger partial charge in [0.05, 0.1) is 6.04 Å². The maximum Gasteiger partial charge on any atom is 0.246 e. The van der Waals surface area contributed by atoms with Crippen molar-refractivity contribution in [2.24, 2.45) is 5.73 Å². The maximum atomic E-state index is 11.7. The highest BCUT2D eigenvalue weighted by Gasteiger charge is 2.42. The summed E-state index contributed by atoms with van der Waals surface area (Å²) in [6.07, 6.45) is 0. The van der Waals surface area contributed by atoms with Crippen LogP contribution in [0.15, 0.2) is 42.5 Å². The highest BCUT2D eigenvalue weighted by Crippen LogP contribution is 2.29. The molecule has 1 aliphatic rings. The SMILES string of the molecule is CC1C(N)C(=O)N1c1ccc2ccccc2c1. The fourth-order valence-electron chi connectivity index (χ4n) is 2.34. The van der Waals surface area contributed by atoms with Crippen molar-refractivity contribution in [3.05, 3.63) is 42.5 Å². The average Bonchev–Trinajstić information content (AvgIpc) is 2.38. The van der Waals surface area contributed by atoms with Crippen molar-refractivity contribution in [2.45, 2.75) is 19.0 Å². The molecule has 2 unspecified atom stereocenters. The molecule has 1 saturated heterocycles. The van der Waals surface area contributed by atoms with E-state index in [9.17, 15) is 4.79 Å². The third-order valence-corrected chi connectivity index (χ3v) is 3.46. The fourth-order valence-corrected chi connectivity index (χ4v) is 2.34. The Morgan fingerprint density at radius 3 is 2.53 bits per heavy atom. The van der Waals surface area contributed by atoms with Crippen molar-refractivity contribution in [3.8, 4) is 0 Å². The zero-order chi connectivity index (χ0) is 12.0. The van der Waals surface area contributed by atoms with Crippen LogP contribution in [0.2, 0.25) is 0 Å². The smallest absolute Gasteiger partial charge is 0.246 e. The van der Waals surface area contributed by atoms with Crippen LogP contribution in [-0.2, 0) is 4.79 Å². The van der Waals surface area contributed by atoms with E-state index in [1.54, 1.807) is 4.90 Å². The molecule has 1 fully saturated rings. The predicted octanol–water partition coefficient (Wildman–Crippen LogP) is 1.90. The van der Waals surface area contributed by atoms with Gasteiger partial charge in [0.15, 0.2) is 0 Å². The Bertz CT molecular complexity index is 594. The summed E-state index contributed by atoms with van der Waals surface area (Å²) in [5.74, 6) is 0.00720. The molecule has 0 aliphatic carbocycles. The first kappa shape index (κ1) is 10.3. The molecule has 0 spiro atoms. The maximum absolute atomic E-state index is 11.7. The van der Waals surface area contributed by atoms with E-state index >= 15 is 0 Å². The van der Waals surface area contributed by atoms with Gasteiger partial charge in [-0.1, -0.05) is 30.3 Å². The highest BCUT2D eigenvalue weighted by atomic mass is 16.2. The quantitative estimate of drug-likeness (QED) is 0.755. The number of anilines is 1. The van der Waals surface area contributed by atoms with Crippen LogP contribution in [-0.4, -0.2) is 18.0 Å². The number of amides is 1. The molecule has 0 saturated carbocycles. The minimum Gasteiger partial charge on any atom is -0.318 e. The van der Waals surface area contributed by atoms with Gasteiger partial charge in [0.1, 0.15) is 6.04 Å². The number of benzene rings is 2. The van der Waals surface area contributed by atoms with Crippen molar-refractivity contribution < 1.29 is 4.79 Å². The van der Waals surface area contributed by atoms with Crippen LogP contribution in [0.4, 0.5) is 5.69 Å². The lowest BCUT2D eigenvalue weighted by Crippen LogP contribution is -2.67. The molecule has 1 aliphatic heterocycles. The molecule has 2 aromatic carbocycles. The van der Waals surface area contributed by atoms with E-state index in [0.717, 1.165) is 11.1 Å². The topological polar surface area (TPSA) is 46.3 Å². The van der Waals surface area contributed by atoms with Crippen LogP contribution in [0.1, 0.15) is 6.92 Å². The van der Waals surface area contributed by atoms with Gasteiger partial charge in [-0.05, 0) is 29.8 Å². The molecule has 17 heavy (non-hydrogen) atoms. The lowest BCUT2D eigenvalue weighted by atomic mass is 9.96. The summed E-state index contributed by atoms with van der Waals surface area (Å²) in [5, 5.41) is 2.33. The molecule has 0 bridgehead atoms. The van der Waals surface area contributed by atoms with Crippen molar-refractivity contribution in [2.75, 3.05) is 4.90 Å². The lowest BCUT2D eigenvalue weighted by Gasteiger charge is -2.43. The molecule has 0 radical (unpaired) electrons. The van der Waals surface area contributed by atoms with E-state index in [-0.39, 0.29) is 18.0 Å². The summed E-state index contributed by atoms with van der Waals surface area (Å²) in [6, 6.07) is 13.9. The van der Waals surface area contributed by atoms with Crippen molar-refractivity contribution in [1.82, 2.24) is 0 Å². The Kier molecular flexibility index (Phi) is 2.16. The number of β-lactam (4-membered cyclic amide) rings is 1. The molecule has 3 heteroatoms. The Morgan fingerprint density at radius 1 is 1.12 bits per heavy atom. The van der Waals surface area contributed by atoms with Crippen molar-refractivity contribution >= 4 is 22.4 Å². The number of carbonyl (C=O) groups excluding carboxylic acids is 1. The molecule has 1 heterocycles. The number of nitrogens with zero attached hydrogens (tertiary/aromatic N) is 1. The van der Waals surface area contributed by atoms with Crippen LogP contribution >= 0.6 is 0 Å². The van der Waals surface area contributed by atoms with E-state index in [1.165, 1.54) is 5.39 Å². The lowest BCUT2D eigenvalue weighted by molar-refractivity contribution is -0.125. The van der Waals surface area contributed by atoms with Gasteiger partial charge in [0.25, 0.3) is 0 Å².